The summed E-state index contributed by atoms with van der Waals surface area (Å²) >= 11 is 20.5. The van der Waals surface area contributed by atoms with Crippen LogP contribution in [-0.4, -0.2) is 29.5 Å². The van der Waals surface area contributed by atoms with Gasteiger partial charge in [-0.15, -0.1) is 0 Å². The summed E-state index contributed by atoms with van der Waals surface area (Å²) in [5.74, 6) is 1.35. The number of halogens is 3. The van der Waals surface area contributed by atoms with Crippen LogP contribution in [0.3, 0.4) is 0 Å². The molecule has 2 aliphatic rings. The number of ether oxygens (including phenoxy) is 2. The van der Waals surface area contributed by atoms with Gasteiger partial charge in [-0.1, -0.05) is 90.6 Å². The fraction of sp³-hybridized carbons (Fsp3) is 0.323. The van der Waals surface area contributed by atoms with Crippen molar-refractivity contribution in [3.63, 3.8) is 0 Å². The van der Waals surface area contributed by atoms with Gasteiger partial charge in [0.15, 0.2) is 17.0 Å². The standard InChI is InChI=1S/C31H31Cl3N2O3S/c1-19-8-6-7-11-26(19)36-30(37)28(40-31(36)35-23-9-4-3-5-10-23)16-20-14-25(34)29(27(15-20)38-2)39-18-21-12-13-22(32)17-24(21)33/h3-5,9-10,12-17,19,26,31,35H,6-8,11,18H2,1-2H3/b28-16-/t19-,26-,31?/m1/s1. The van der Waals surface area contributed by atoms with E-state index in [1.807, 2.05) is 53.4 Å². The van der Waals surface area contributed by atoms with Crippen LogP contribution in [0, 0.1) is 5.92 Å². The van der Waals surface area contributed by atoms with E-state index in [-0.39, 0.29) is 24.1 Å². The van der Waals surface area contributed by atoms with E-state index in [9.17, 15) is 4.79 Å². The zero-order valence-electron chi connectivity index (χ0n) is 22.3. The van der Waals surface area contributed by atoms with E-state index in [4.69, 9.17) is 44.3 Å². The summed E-state index contributed by atoms with van der Waals surface area (Å²) in [5, 5.41) is 5.02. The van der Waals surface area contributed by atoms with Gasteiger partial charge in [-0.3, -0.25) is 4.79 Å². The van der Waals surface area contributed by atoms with Crippen LogP contribution in [0.15, 0.2) is 65.6 Å². The van der Waals surface area contributed by atoms with E-state index < -0.39 is 0 Å². The van der Waals surface area contributed by atoms with E-state index in [0.29, 0.717) is 37.4 Å². The molecule has 1 unspecified atom stereocenters. The topological polar surface area (TPSA) is 50.8 Å². The van der Waals surface area contributed by atoms with Gasteiger partial charge < -0.3 is 19.7 Å². The lowest BCUT2D eigenvalue weighted by Gasteiger charge is -2.39. The van der Waals surface area contributed by atoms with E-state index in [1.165, 1.54) is 18.2 Å². The number of rotatable bonds is 8. The van der Waals surface area contributed by atoms with Crippen LogP contribution in [0.2, 0.25) is 15.1 Å². The maximum atomic E-state index is 13.9. The van der Waals surface area contributed by atoms with Gasteiger partial charge >= 0.3 is 0 Å². The highest BCUT2D eigenvalue weighted by Crippen LogP contribution is 2.44. The fourth-order valence-corrected chi connectivity index (χ4v) is 7.22. The van der Waals surface area contributed by atoms with Crippen molar-refractivity contribution in [1.29, 1.82) is 0 Å². The molecule has 1 aliphatic heterocycles. The molecule has 3 aromatic rings. The molecule has 0 bridgehead atoms. The molecule has 3 atom stereocenters. The van der Waals surface area contributed by atoms with Gasteiger partial charge in [0.1, 0.15) is 6.61 Å². The molecule has 40 heavy (non-hydrogen) atoms. The number of benzene rings is 3. The molecule has 9 heteroatoms. The average Bonchev–Trinajstić information content (AvgIpc) is 3.23. The normalized spacial score (nSPS) is 22.0. The van der Waals surface area contributed by atoms with E-state index in [2.05, 4.69) is 12.2 Å². The number of anilines is 1. The Hall–Kier alpha value is -2.51. The second-order valence-electron chi connectivity index (χ2n) is 10.1. The summed E-state index contributed by atoms with van der Waals surface area (Å²) in [4.78, 5) is 16.6. The number of nitrogens with one attached hydrogen (secondary N) is 1. The van der Waals surface area contributed by atoms with Crippen LogP contribution in [0.25, 0.3) is 6.08 Å². The smallest absolute Gasteiger partial charge is 0.262 e. The number of hydrogen-bond donors (Lipinski definition) is 1. The van der Waals surface area contributed by atoms with Crippen molar-refractivity contribution in [2.45, 2.75) is 50.8 Å². The van der Waals surface area contributed by atoms with Crippen molar-refractivity contribution < 1.29 is 14.3 Å². The number of nitrogens with zero attached hydrogens (tertiary/aromatic N) is 1. The zero-order chi connectivity index (χ0) is 28.2. The van der Waals surface area contributed by atoms with Crippen LogP contribution >= 0.6 is 46.6 Å². The largest absolute Gasteiger partial charge is 0.493 e. The molecule has 210 valence electrons. The van der Waals surface area contributed by atoms with Crippen molar-refractivity contribution in [2.24, 2.45) is 5.92 Å². The Morgan fingerprint density at radius 2 is 1.80 bits per heavy atom. The monoisotopic (exact) mass is 616 g/mol. The minimum absolute atomic E-state index is 0.0324. The van der Waals surface area contributed by atoms with Crippen LogP contribution < -0.4 is 14.8 Å². The predicted molar refractivity (Wildman–Crippen MR) is 166 cm³/mol. The molecular weight excluding hydrogens is 587 g/mol. The molecule has 1 aliphatic carbocycles. The highest BCUT2D eigenvalue weighted by atomic mass is 35.5. The number of hydrogen-bond acceptors (Lipinski definition) is 5. The van der Waals surface area contributed by atoms with Crippen molar-refractivity contribution in [2.75, 3.05) is 12.4 Å². The minimum atomic E-state index is -0.198. The molecule has 3 aromatic carbocycles. The predicted octanol–water partition coefficient (Wildman–Crippen LogP) is 9.13. The first-order valence-corrected chi connectivity index (χ1v) is 15.3. The molecule has 0 radical (unpaired) electrons. The summed E-state index contributed by atoms with van der Waals surface area (Å²) in [7, 11) is 1.56. The number of thioether (sulfide) groups is 1. The molecule has 5 rings (SSSR count). The van der Waals surface area contributed by atoms with Crippen molar-refractivity contribution in [3.05, 3.63) is 91.8 Å². The SMILES string of the molecule is COc1cc(/C=C2\SC(Nc3ccccc3)N([C@@H]3CCCC[C@H]3C)C2=O)cc(Cl)c1OCc1ccc(Cl)cc1Cl. The molecule has 0 aromatic heterocycles. The average molecular weight is 618 g/mol. The van der Waals surface area contributed by atoms with Crippen LogP contribution in [-0.2, 0) is 11.4 Å². The Balaban J connectivity index is 1.41. The third-order valence-corrected chi connectivity index (χ3v) is 9.34. The maximum absolute atomic E-state index is 13.9. The number of amides is 1. The summed E-state index contributed by atoms with van der Waals surface area (Å²) in [6.07, 6.45) is 6.37. The van der Waals surface area contributed by atoms with E-state index in [0.717, 1.165) is 36.1 Å². The first kappa shape index (κ1) is 29.0. The maximum Gasteiger partial charge on any atom is 0.262 e. The van der Waals surface area contributed by atoms with Crippen molar-refractivity contribution in [1.82, 2.24) is 4.90 Å². The van der Waals surface area contributed by atoms with Crippen molar-refractivity contribution in [3.8, 4) is 11.5 Å². The summed E-state index contributed by atoms with van der Waals surface area (Å²) < 4.78 is 11.6. The highest BCUT2D eigenvalue weighted by molar-refractivity contribution is 8.05. The summed E-state index contributed by atoms with van der Waals surface area (Å²) in [6.45, 7) is 2.45. The first-order valence-electron chi connectivity index (χ1n) is 13.3. The molecule has 2 fully saturated rings. The van der Waals surface area contributed by atoms with Gasteiger partial charge in [-0.2, -0.15) is 0 Å². The Bertz CT molecular complexity index is 1400. The van der Waals surface area contributed by atoms with Gasteiger partial charge in [-0.25, -0.2) is 0 Å². The summed E-state index contributed by atoms with van der Waals surface area (Å²) in [5.41, 5.74) is 2.31. The fourth-order valence-electron chi connectivity index (χ4n) is 5.27. The number of carbonyl (C=O) groups is 1. The Morgan fingerprint density at radius 1 is 1.02 bits per heavy atom. The molecule has 1 N–H and O–H groups in total. The number of para-hydroxylation sites is 1. The Labute approximate surface area is 254 Å². The second kappa shape index (κ2) is 13.0. The van der Waals surface area contributed by atoms with E-state index in [1.54, 1.807) is 25.3 Å². The van der Waals surface area contributed by atoms with Gasteiger partial charge in [0.05, 0.1) is 17.0 Å². The molecule has 1 saturated heterocycles. The third kappa shape index (κ3) is 6.52. The lowest BCUT2D eigenvalue weighted by molar-refractivity contribution is -0.129. The van der Waals surface area contributed by atoms with Crippen LogP contribution in [0.1, 0.15) is 43.7 Å². The van der Waals surface area contributed by atoms with Gasteiger partial charge in [0.25, 0.3) is 5.91 Å². The molecule has 5 nitrogen and oxygen atoms in total. The molecule has 1 saturated carbocycles. The lowest BCUT2D eigenvalue weighted by atomic mass is 9.85. The number of carbonyl (C=O) groups excluding carboxylic acids is 1. The highest BCUT2D eigenvalue weighted by Gasteiger charge is 2.43. The first-order chi connectivity index (χ1) is 19.3. The Kier molecular flexibility index (Phi) is 9.41. The van der Waals surface area contributed by atoms with Crippen molar-refractivity contribution >= 4 is 64.2 Å². The lowest BCUT2D eigenvalue weighted by Crippen LogP contribution is -2.48. The van der Waals surface area contributed by atoms with Crippen LogP contribution in [0.4, 0.5) is 5.69 Å². The van der Waals surface area contributed by atoms with Gasteiger partial charge in [-0.05, 0) is 66.8 Å². The quantitative estimate of drug-likeness (QED) is 0.256. The van der Waals surface area contributed by atoms with Crippen LogP contribution in [0.5, 0.6) is 11.5 Å². The molecule has 1 amide bonds. The van der Waals surface area contributed by atoms with Gasteiger partial charge in [0, 0.05) is 27.3 Å². The second-order valence-corrected chi connectivity index (χ2v) is 12.5. The third-order valence-electron chi connectivity index (χ3n) is 7.36. The minimum Gasteiger partial charge on any atom is -0.493 e. The van der Waals surface area contributed by atoms with Gasteiger partial charge in [0.2, 0.25) is 0 Å². The Morgan fingerprint density at radius 3 is 2.52 bits per heavy atom. The summed E-state index contributed by atoms with van der Waals surface area (Å²) in [6, 6.07) is 19.1. The zero-order valence-corrected chi connectivity index (χ0v) is 25.4. The molecular formula is C31H31Cl3N2O3S. The molecule has 0 spiro atoms. The van der Waals surface area contributed by atoms with E-state index >= 15 is 0 Å². The number of methoxy groups -OCH3 is 1. The molecule has 1 heterocycles.